The summed E-state index contributed by atoms with van der Waals surface area (Å²) in [6.45, 7) is 6.04. The number of pyridine rings is 1. The number of rotatable bonds is 8. The summed E-state index contributed by atoms with van der Waals surface area (Å²) in [4.78, 5) is 16.3. The van der Waals surface area contributed by atoms with Crippen molar-refractivity contribution >= 4 is 23.4 Å². The SMILES string of the molecule is CCN(CC)c1ccc(/C=N/Nc2ccc([N+](=O)[O-])cn2)c(OC)c1. The van der Waals surface area contributed by atoms with Gasteiger partial charge in [0.2, 0.25) is 0 Å². The van der Waals surface area contributed by atoms with Crippen LogP contribution in [0.3, 0.4) is 0 Å². The van der Waals surface area contributed by atoms with E-state index in [1.54, 1.807) is 13.3 Å². The molecule has 0 saturated heterocycles. The van der Waals surface area contributed by atoms with Gasteiger partial charge >= 0.3 is 0 Å². The molecule has 0 spiro atoms. The number of nitrogens with one attached hydrogen (secondary N) is 1. The van der Waals surface area contributed by atoms with Crippen LogP contribution in [-0.4, -0.2) is 36.3 Å². The number of benzene rings is 1. The largest absolute Gasteiger partial charge is 0.496 e. The first kappa shape index (κ1) is 18.2. The number of hydrogen-bond acceptors (Lipinski definition) is 7. The molecule has 1 heterocycles. The van der Waals surface area contributed by atoms with Crippen LogP contribution in [0.4, 0.5) is 17.2 Å². The minimum absolute atomic E-state index is 0.0665. The van der Waals surface area contributed by atoms with E-state index in [4.69, 9.17) is 4.74 Å². The second-order valence-corrected chi connectivity index (χ2v) is 5.13. The van der Waals surface area contributed by atoms with Crippen LogP contribution in [0.15, 0.2) is 41.6 Å². The highest BCUT2D eigenvalue weighted by Crippen LogP contribution is 2.24. The number of hydrogen-bond donors (Lipinski definition) is 1. The van der Waals surface area contributed by atoms with Gasteiger partial charge in [-0.2, -0.15) is 5.10 Å². The zero-order valence-electron chi connectivity index (χ0n) is 14.5. The Morgan fingerprint density at radius 2 is 2.08 bits per heavy atom. The first-order valence-electron chi connectivity index (χ1n) is 7.91. The smallest absolute Gasteiger partial charge is 0.287 e. The molecule has 0 amide bonds. The summed E-state index contributed by atoms with van der Waals surface area (Å²) in [6.07, 6.45) is 2.80. The molecular weight excluding hydrogens is 322 g/mol. The normalized spacial score (nSPS) is 10.7. The number of nitro groups is 1. The summed E-state index contributed by atoms with van der Waals surface area (Å²) in [5.41, 5.74) is 4.57. The minimum atomic E-state index is -0.498. The van der Waals surface area contributed by atoms with Crippen LogP contribution >= 0.6 is 0 Å². The monoisotopic (exact) mass is 343 g/mol. The summed E-state index contributed by atoms with van der Waals surface area (Å²) < 4.78 is 5.43. The maximum atomic E-state index is 10.6. The fourth-order valence-electron chi connectivity index (χ4n) is 2.32. The molecule has 0 aliphatic carbocycles. The standard InChI is InChI=1S/C17H21N5O3/c1-4-21(5-2)14-7-6-13(16(10-14)25-3)11-19-20-17-9-8-15(12-18-17)22(23)24/h6-12H,4-5H2,1-3H3,(H,18,20)/b19-11+. The molecule has 0 radical (unpaired) electrons. The fraction of sp³-hybridized carbons (Fsp3) is 0.294. The van der Waals surface area contributed by atoms with E-state index in [1.807, 2.05) is 18.2 Å². The highest BCUT2D eigenvalue weighted by molar-refractivity contribution is 5.85. The molecule has 2 rings (SSSR count). The van der Waals surface area contributed by atoms with E-state index in [0.29, 0.717) is 11.6 Å². The molecule has 0 aliphatic heterocycles. The van der Waals surface area contributed by atoms with E-state index in [1.165, 1.54) is 18.3 Å². The zero-order chi connectivity index (χ0) is 18.2. The van der Waals surface area contributed by atoms with Crippen molar-refractivity contribution in [1.82, 2.24) is 4.98 Å². The molecular formula is C17H21N5O3. The number of nitrogens with zero attached hydrogens (tertiary/aromatic N) is 4. The lowest BCUT2D eigenvalue weighted by Crippen LogP contribution is -2.21. The van der Waals surface area contributed by atoms with Gasteiger partial charge in [0.1, 0.15) is 17.8 Å². The van der Waals surface area contributed by atoms with Gasteiger partial charge in [-0.15, -0.1) is 0 Å². The molecule has 0 saturated carbocycles. The molecule has 0 unspecified atom stereocenters. The van der Waals surface area contributed by atoms with E-state index >= 15 is 0 Å². The van der Waals surface area contributed by atoms with Crippen LogP contribution < -0.4 is 15.1 Å². The molecule has 132 valence electrons. The molecule has 1 N–H and O–H groups in total. The predicted molar refractivity (Wildman–Crippen MR) is 98.7 cm³/mol. The molecule has 1 aromatic heterocycles. The molecule has 1 aromatic carbocycles. The Kier molecular flexibility index (Phi) is 6.27. The van der Waals surface area contributed by atoms with Gasteiger partial charge in [0, 0.05) is 36.5 Å². The molecule has 0 bridgehead atoms. The lowest BCUT2D eigenvalue weighted by Gasteiger charge is -2.21. The predicted octanol–water partition coefficient (Wildman–Crippen LogP) is 3.29. The van der Waals surface area contributed by atoms with Crippen molar-refractivity contribution in [2.75, 3.05) is 30.5 Å². The lowest BCUT2D eigenvalue weighted by atomic mass is 10.2. The van der Waals surface area contributed by atoms with Crippen LogP contribution in [0.5, 0.6) is 5.75 Å². The van der Waals surface area contributed by atoms with Crippen molar-refractivity contribution in [3.63, 3.8) is 0 Å². The Hall–Kier alpha value is -3.16. The van der Waals surface area contributed by atoms with Crippen LogP contribution in [0.25, 0.3) is 0 Å². The third-order valence-corrected chi connectivity index (χ3v) is 3.69. The molecule has 0 fully saturated rings. The van der Waals surface area contributed by atoms with Gasteiger partial charge in [-0.3, -0.25) is 15.5 Å². The minimum Gasteiger partial charge on any atom is -0.496 e. The van der Waals surface area contributed by atoms with Gasteiger partial charge in [0.25, 0.3) is 5.69 Å². The van der Waals surface area contributed by atoms with Gasteiger partial charge in [-0.1, -0.05) is 0 Å². The van der Waals surface area contributed by atoms with Crippen molar-refractivity contribution in [3.05, 3.63) is 52.2 Å². The first-order chi connectivity index (χ1) is 12.1. The van der Waals surface area contributed by atoms with Crippen molar-refractivity contribution in [2.45, 2.75) is 13.8 Å². The zero-order valence-corrected chi connectivity index (χ0v) is 14.5. The third-order valence-electron chi connectivity index (χ3n) is 3.69. The summed E-state index contributed by atoms with van der Waals surface area (Å²) in [5.74, 6) is 1.13. The highest BCUT2D eigenvalue weighted by Gasteiger charge is 2.07. The van der Waals surface area contributed by atoms with Gasteiger partial charge in [-0.05, 0) is 32.0 Å². The van der Waals surface area contributed by atoms with E-state index in [0.717, 1.165) is 24.3 Å². The molecule has 8 heteroatoms. The second kappa shape index (κ2) is 8.62. The van der Waals surface area contributed by atoms with Crippen LogP contribution in [0, 0.1) is 10.1 Å². The van der Waals surface area contributed by atoms with Crippen molar-refractivity contribution in [3.8, 4) is 5.75 Å². The first-order valence-corrected chi connectivity index (χ1v) is 7.91. The number of aromatic nitrogens is 1. The van der Waals surface area contributed by atoms with Gasteiger partial charge in [0.05, 0.1) is 18.2 Å². The number of anilines is 2. The molecule has 8 nitrogen and oxygen atoms in total. The lowest BCUT2D eigenvalue weighted by molar-refractivity contribution is -0.385. The maximum Gasteiger partial charge on any atom is 0.287 e. The van der Waals surface area contributed by atoms with Gasteiger partial charge in [0.15, 0.2) is 0 Å². The van der Waals surface area contributed by atoms with Crippen molar-refractivity contribution in [2.24, 2.45) is 5.10 Å². The number of methoxy groups -OCH3 is 1. The van der Waals surface area contributed by atoms with Gasteiger partial charge < -0.3 is 9.64 Å². The van der Waals surface area contributed by atoms with Crippen molar-refractivity contribution < 1.29 is 9.66 Å². The third kappa shape index (κ3) is 4.66. The van der Waals surface area contributed by atoms with E-state index < -0.39 is 4.92 Å². The molecule has 0 aliphatic rings. The number of ether oxygens (including phenoxy) is 1. The summed E-state index contributed by atoms with van der Waals surface area (Å²) in [5, 5.41) is 14.7. The Morgan fingerprint density at radius 1 is 1.32 bits per heavy atom. The van der Waals surface area contributed by atoms with E-state index in [9.17, 15) is 10.1 Å². The second-order valence-electron chi connectivity index (χ2n) is 5.13. The summed E-state index contributed by atoms with van der Waals surface area (Å²) in [6, 6.07) is 8.78. The summed E-state index contributed by atoms with van der Waals surface area (Å²) >= 11 is 0. The average Bonchev–Trinajstić information content (AvgIpc) is 2.64. The van der Waals surface area contributed by atoms with Gasteiger partial charge in [-0.25, -0.2) is 4.98 Å². The van der Waals surface area contributed by atoms with Crippen LogP contribution in [0.1, 0.15) is 19.4 Å². The van der Waals surface area contributed by atoms with Crippen molar-refractivity contribution in [1.29, 1.82) is 0 Å². The quantitative estimate of drug-likeness (QED) is 0.449. The Labute approximate surface area is 146 Å². The average molecular weight is 343 g/mol. The fourth-order valence-corrected chi connectivity index (χ4v) is 2.32. The molecule has 2 aromatic rings. The van der Waals surface area contributed by atoms with Crippen LogP contribution in [-0.2, 0) is 0 Å². The maximum absolute atomic E-state index is 10.6. The molecule has 25 heavy (non-hydrogen) atoms. The Morgan fingerprint density at radius 3 is 2.64 bits per heavy atom. The Balaban J connectivity index is 2.10. The highest BCUT2D eigenvalue weighted by atomic mass is 16.6. The van der Waals surface area contributed by atoms with E-state index in [-0.39, 0.29) is 5.69 Å². The molecule has 0 atom stereocenters. The van der Waals surface area contributed by atoms with Crippen LogP contribution in [0.2, 0.25) is 0 Å². The Bertz CT molecular complexity index is 742. The number of hydrazone groups is 1. The summed E-state index contributed by atoms with van der Waals surface area (Å²) in [7, 11) is 1.62. The van der Waals surface area contributed by atoms with E-state index in [2.05, 4.69) is 34.3 Å². The topological polar surface area (TPSA) is 92.9 Å².